The monoisotopic (exact) mass is 463 g/mol. The molecular weight excluding hydrogens is 442 g/mol. The molecule has 0 aliphatic heterocycles. The van der Waals surface area contributed by atoms with Gasteiger partial charge < -0.3 is 10.1 Å². The summed E-state index contributed by atoms with van der Waals surface area (Å²) in [6, 6.07) is 30.8. The van der Waals surface area contributed by atoms with E-state index in [0.29, 0.717) is 28.1 Å². The smallest absolute Gasteiger partial charge is 0.343 e. The summed E-state index contributed by atoms with van der Waals surface area (Å²) in [6.07, 6.45) is 1.39. The number of hydrogen-bond donors (Lipinski definition) is 2. The maximum Gasteiger partial charge on any atom is 0.343 e. The molecule has 0 saturated carbocycles. The predicted molar refractivity (Wildman–Crippen MR) is 134 cm³/mol. The minimum Gasteiger partial charge on any atom is -0.422 e. The SMILES string of the molecule is O=C(Nc1ccccc1C(=O)N/N=C\c1ccccc1OC(=O)c1ccccc1)c1ccccc1. The van der Waals surface area contributed by atoms with E-state index >= 15 is 0 Å². The zero-order valence-electron chi connectivity index (χ0n) is 18.5. The number of hydrogen-bond acceptors (Lipinski definition) is 5. The number of esters is 1. The Bertz CT molecular complexity index is 1370. The molecule has 35 heavy (non-hydrogen) atoms. The second kappa shape index (κ2) is 11.2. The third-order valence-corrected chi connectivity index (χ3v) is 4.96. The zero-order chi connectivity index (χ0) is 24.5. The van der Waals surface area contributed by atoms with Crippen LogP contribution in [0.4, 0.5) is 5.69 Å². The van der Waals surface area contributed by atoms with Crippen LogP contribution in [0.2, 0.25) is 0 Å². The number of rotatable bonds is 7. The van der Waals surface area contributed by atoms with Crippen LogP contribution < -0.4 is 15.5 Å². The van der Waals surface area contributed by atoms with Gasteiger partial charge in [-0.2, -0.15) is 5.10 Å². The van der Waals surface area contributed by atoms with Gasteiger partial charge in [-0.25, -0.2) is 10.2 Å². The fourth-order valence-corrected chi connectivity index (χ4v) is 3.21. The number of ether oxygens (including phenoxy) is 1. The quantitative estimate of drug-likeness (QED) is 0.176. The Labute approximate surface area is 202 Å². The summed E-state index contributed by atoms with van der Waals surface area (Å²) in [5, 5.41) is 6.76. The van der Waals surface area contributed by atoms with Gasteiger partial charge >= 0.3 is 5.97 Å². The summed E-state index contributed by atoms with van der Waals surface area (Å²) in [7, 11) is 0. The molecule has 2 amide bonds. The van der Waals surface area contributed by atoms with Gasteiger partial charge in [-0.15, -0.1) is 0 Å². The van der Waals surface area contributed by atoms with Crippen molar-refractivity contribution in [3.63, 3.8) is 0 Å². The molecule has 0 saturated heterocycles. The van der Waals surface area contributed by atoms with Gasteiger partial charge in [0.05, 0.1) is 23.0 Å². The lowest BCUT2D eigenvalue weighted by atomic mass is 10.1. The van der Waals surface area contributed by atoms with E-state index in [1.807, 2.05) is 12.1 Å². The van der Waals surface area contributed by atoms with Crippen molar-refractivity contribution in [1.82, 2.24) is 5.43 Å². The Hall–Kier alpha value is -5.04. The number of carbonyl (C=O) groups is 3. The molecule has 0 radical (unpaired) electrons. The molecule has 0 aliphatic rings. The van der Waals surface area contributed by atoms with Crippen molar-refractivity contribution in [3.05, 3.63) is 131 Å². The number of hydrazone groups is 1. The normalized spacial score (nSPS) is 10.5. The molecule has 4 rings (SSSR count). The van der Waals surface area contributed by atoms with Crippen LogP contribution in [0.25, 0.3) is 0 Å². The van der Waals surface area contributed by atoms with Crippen molar-refractivity contribution in [1.29, 1.82) is 0 Å². The van der Waals surface area contributed by atoms with Gasteiger partial charge in [0.15, 0.2) is 0 Å². The highest BCUT2D eigenvalue weighted by molar-refractivity contribution is 6.09. The number of carbonyl (C=O) groups excluding carboxylic acids is 3. The highest BCUT2D eigenvalue weighted by Gasteiger charge is 2.14. The maximum atomic E-state index is 12.8. The van der Waals surface area contributed by atoms with Gasteiger partial charge in [0.25, 0.3) is 11.8 Å². The molecule has 0 aromatic heterocycles. The molecule has 0 bridgehead atoms. The molecule has 172 valence electrons. The molecule has 0 heterocycles. The number of benzene rings is 4. The number of nitrogens with one attached hydrogen (secondary N) is 2. The van der Waals surface area contributed by atoms with Crippen molar-refractivity contribution in [2.75, 3.05) is 5.32 Å². The second-order valence-corrected chi connectivity index (χ2v) is 7.36. The van der Waals surface area contributed by atoms with Crippen LogP contribution in [0.1, 0.15) is 36.6 Å². The average molecular weight is 463 g/mol. The molecule has 4 aromatic rings. The molecule has 7 nitrogen and oxygen atoms in total. The summed E-state index contributed by atoms with van der Waals surface area (Å²) in [5.74, 6) is -1.04. The van der Waals surface area contributed by atoms with Crippen molar-refractivity contribution >= 4 is 29.7 Å². The van der Waals surface area contributed by atoms with E-state index in [4.69, 9.17) is 4.74 Å². The first-order chi connectivity index (χ1) is 17.1. The van der Waals surface area contributed by atoms with Crippen LogP contribution in [0, 0.1) is 0 Å². The van der Waals surface area contributed by atoms with E-state index in [2.05, 4.69) is 15.8 Å². The highest BCUT2D eigenvalue weighted by atomic mass is 16.5. The Balaban J connectivity index is 1.44. The fourth-order valence-electron chi connectivity index (χ4n) is 3.21. The number of nitrogens with zero attached hydrogens (tertiary/aromatic N) is 1. The Morgan fingerprint density at radius 1 is 0.657 bits per heavy atom. The first-order valence-corrected chi connectivity index (χ1v) is 10.8. The molecule has 0 atom stereocenters. The first-order valence-electron chi connectivity index (χ1n) is 10.8. The molecule has 7 heteroatoms. The topological polar surface area (TPSA) is 96.9 Å². The maximum absolute atomic E-state index is 12.8. The Morgan fingerprint density at radius 2 is 1.26 bits per heavy atom. The summed E-state index contributed by atoms with van der Waals surface area (Å²) in [6.45, 7) is 0. The van der Waals surface area contributed by atoms with Crippen LogP contribution in [0.3, 0.4) is 0 Å². The summed E-state index contributed by atoms with van der Waals surface area (Å²) in [5.41, 5.74) is 4.45. The van der Waals surface area contributed by atoms with E-state index < -0.39 is 11.9 Å². The van der Waals surface area contributed by atoms with Gasteiger partial charge in [0.1, 0.15) is 5.75 Å². The molecule has 0 aliphatic carbocycles. The largest absolute Gasteiger partial charge is 0.422 e. The standard InChI is InChI=1S/C28H21N3O4/c32-26(20-11-3-1-4-12-20)30-24-17-9-8-16-23(24)27(33)31-29-19-22-15-7-10-18-25(22)35-28(34)21-13-5-2-6-14-21/h1-19H,(H,30,32)(H,31,33)/b29-19-. The van der Waals surface area contributed by atoms with E-state index in [1.54, 1.807) is 97.1 Å². The zero-order valence-corrected chi connectivity index (χ0v) is 18.5. The molecule has 2 N–H and O–H groups in total. The molecular formula is C28H21N3O4. The van der Waals surface area contributed by atoms with Crippen molar-refractivity contribution in [3.8, 4) is 5.75 Å². The first kappa shape index (κ1) is 23.1. The van der Waals surface area contributed by atoms with Crippen LogP contribution in [0.5, 0.6) is 5.75 Å². The lowest BCUT2D eigenvalue weighted by molar-refractivity contribution is 0.0734. The third-order valence-electron chi connectivity index (χ3n) is 4.96. The van der Waals surface area contributed by atoms with Crippen LogP contribution >= 0.6 is 0 Å². The second-order valence-electron chi connectivity index (χ2n) is 7.36. The molecule has 0 fully saturated rings. The molecule has 4 aromatic carbocycles. The predicted octanol–water partition coefficient (Wildman–Crippen LogP) is 4.92. The van der Waals surface area contributed by atoms with Crippen molar-refractivity contribution in [2.24, 2.45) is 5.10 Å². The number of para-hydroxylation sites is 2. The van der Waals surface area contributed by atoms with Gasteiger partial charge in [-0.05, 0) is 48.5 Å². The van der Waals surface area contributed by atoms with Crippen LogP contribution in [0.15, 0.2) is 114 Å². The Morgan fingerprint density at radius 3 is 2.00 bits per heavy atom. The third kappa shape index (κ3) is 6.06. The van der Waals surface area contributed by atoms with Gasteiger partial charge in [-0.3, -0.25) is 9.59 Å². The minimum absolute atomic E-state index is 0.248. The lowest BCUT2D eigenvalue weighted by Crippen LogP contribution is -2.21. The number of amides is 2. The summed E-state index contributed by atoms with van der Waals surface area (Å²) < 4.78 is 5.49. The highest BCUT2D eigenvalue weighted by Crippen LogP contribution is 2.19. The Kier molecular flexibility index (Phi) is 7.40. The van der Waals surface area contributed by atoms with Crippen molar-refractivity contribution in [2.45, 2.75) is 0 Å². The molecule has 0 spiro atoms. The van der Waals surface area contributed by atoms with Crippen LogP contribution in [-0.2, 0) is 0 Å². The van der Waals surface area contributed by atoms with E-state index in [-0.39, 0.29) is 11.5 Å². The van der Waals surface area contributed by atoms with Gasteiger partial charge in [0, 0.05) is 11.1 Å². The summed E-state index contributed by atoms with van der Waals surface area (Å²) >= 11 is 0. The van der Waals surface area contributed by atoms with E-state index in [9.17, 15) is 14.4 Å². The van der Waals surface area contributed by atoms with Crippen LogP contribution in [-0.4, -0.2) is 24.0 Å². The van der Waals surface area contributed by atoms with Crippen molar-refractivity contribution < 1.29 is 19.1 Å². The minimum atomic E-state index is -0.510. The van der Waals surface area contributed by atoms with E-state index in [0.717, 1.165) is 0 Å². The average Bonchev–Trinajstić information content (AvgIpc) is 2.91. The lowest BCUT2D eigenvalue weighted by Gasteiger charge is -2.10. The van der Waals surface area contributed by atoms with Gasteiger partial charge in [0.2, 0.25) is 0 Å². The van der Waals surface area contributed by atoms with E-state index in [1.165, 1.54) is 6.21 Å². The fraction of sp³-hybridized carbons (Fsp3) is 0. The summed E-state index contributed by atoms with van der Waals surface area (Å²) in [4.78, 5) is 37.7. The van der Waals surface area contributed by atoms with Gasteiger partial charge in [-0.1, -0.05) is 60.7 Å². The number of anilines is 1. The molecule has 0 unspecified atom stereocenters.